The standard InChI is InChI=1S/C14H12N8.C8H13F2NO/c1-16-13-11-8(4-7-22(11)21-14(15)20-13)9-2-3-10-12(19-9)18-6-5-17-10;9-8(10)2-1-3-11(6-8)7-4-12-5-7/h2-7H,1H3,(H3,15,16,20,21);7H,1-6H2. The molecule has 4 aromatic heterocycles. The average Bonchev–Trinajstić information content (AvgIpc) is 3.20. The van der Waals surface area contributed by atoms with E-state index in [0.29, 0.717) is 31.1 Å². The highest BCUT2D eigenvalue weighted by molar-refractivity contribution is 5.89. The minimum Gasteiger partial charge on any atom is -0.378 e. The molecule has 0 atom stereocenters. The van der Waals surface area contributed by atoms with Crippen LogP contribution in [0, 0.1) is 0 Å². The van der Waals surface area contributed by atoms with Crippen molar-refractivity contribution in [3.05, 3.63) is 36.8 Å². The normalized spacial score (nSPS) is 18.3. The Morgan fingerprint density at radius 1 is 1.15 bits per heavy atom. The van der Waals surface area contributed by atoms with E-state index in [9.17, 15) is 8.78 Å². The number of hydrogen-bond acceptors (Lipinski definition) is 9. The molecule has 3 N–H and O–H groups in total. The van der Waals surface area contributed by atoms with Crippen LogP contribution in [0.4, 0.5) is 20.5 Å². The van der Waals surface area contributed by atoms with E-state index in [4.69, 9.17) is 10.5 Å². The molecular formula is C22H25F2N9O. The maximum absolute atomic E-state index is 12.9. The summed E-state index contributed by atoms with van der Waals surface area (Å²) in [6, 6.07) is 5.98. The molecule has 6 rings (SSSR count). The van der Waals surface area contributed by atoms with Crippen LogP contribution in [0.1, 0.15) is 12.8 Å². The highest BCUT2D eigenvalue weighted by Crippen LogP contribution is 2.30. The molecule has 178 valence electrons. The molecular weight excluding hydrogens is 444 g/mol. The number of ether oxygens (including phenoxy) is 1. The molecule has 2 saturated heterocycles. The molecule has 4 aromatic rings. The van der Waals surface area contributed by atoms with E-state index in [0.717, 1.165) is 28.8 Å². The van der Waals surface area contributed by atoms with Gasteiger partial charge < -0.3 is 15.8 Å². The fourth-order valence-corrected chi connectivity index (χ4v) is 4.17. The fraction of sp³-hybridized carbons (Fsp3) is 0.409. The van der Waals surface area contributed by atoms with Crippen LogP contribution in [0.15, 0.2) is 36.8 Å². The number of piperidine rings is 1. The topological polar surface area (TPSA) is 119 Å². The van der Waals surface area contributed by atoms with Gasteiger partial charge in [0, 0.05) is 37.6 Å². The Labute approximate surface area is 194 Å². The Hall–Kier alpha value is -3.51. The number of halogens is 2. The number of anilines is 2. The van der Waals surface area contributed by atoms with Crippen LogP contribution in [0.5, 0.6) is 0 Å². The molecule has 2 aliphatic heterocycles. The minimum atomic E-state index is -2.46. The van der Waals surface area contributed by atoms with Gasteiger partial charge in [0.1, 0.15) is 11.0 Å². The first-order chi connectivity index (χ1) is 16.4. The van der Waals surface area contributed by atoms with E-state index in [2.05, 4.69) is 30.4 Å². The predicted molar refractivity (Wildman–Crippen MR) is 124 cm³/mol. The van der Waals surface area contributed by atoms with Crippen molar-refractivity contribution in [2.75, 3.05) is 44.4 Å². The van der Waals surface area contributed by atoms with Crippen LogP contribution >= 0.6 is 0 Å². The summed E-state index contributed by atoms with van der Waals surface area (Å²) in [6.45, 7) is 2.01. The van der Waals surface area contributed by atoms with Crippen LogP contribution in [-0.4, -0.2) is 79.8 Å². The Morgan fingerprint density at radius 3 is 2.71 bits per heavy atom. The monoisotopic (exact) mass is 469 g/mol. The number of nitrogens with zero attached hydrogens (tertiary/aromatic N) is 7. The Morgan fingerprint density at radius 2 is 1.97 bits per heavy atom. The fourth-order valence-electron chi connectivity index (χ4n) is 4.17. The number of hydrogen-bond donors (Lipinski definition) is 2. The number of nitrogen functional groups attached to an aromatic ring is 1. The molecule has 34 heavy (non-hydrogen) atoms. The predicted octanol–water partition coefficient (Wildman–Crippen LogP) is 2.47. The maximum atomic E-state index is 12.9. The second-order valence-electron chi connectivity index (χ2n) is 8.31. The van der Waals surface area contributed by atoms with E-state index in [1.807, 2.05) is 29.3 Å². The second-order valence-corrected chi connectivity index (χ2v) is 8.31. The number of alkyl halides is 2. The molecule has 0 aliphatic carbocycles. The number of nitrogens with one attached hydrogen (secondary N) is 1. The summed E-state index contributed by atoms with van der Waals surface area (Å²) in [4.78, 5) is 19.1. The molecule has 2 fully saturated rings. The van der Waals surface area contributed by atoms with Gasteiger partial charge in [-0.15, -0.1) is 5.10 Å². The van der Waals surface area contributed by atoms with Gasteiger partial charge in [-0.05, 0) is 31.2 Å². The third-order valence-corrected chi connectivity index (χ3v) is 5.93. The largest absolute Gasteiger partial charge is 0.378 e. The van der Waals surface area contributed by atoms with Gasteiger partial charge in [-0.3, -0.25) is 9.88 Å². The lowest BCUT2D eigenvalue weighted by Gasteiger charge is -2.41. The van der Waals surface area contributed by atoms with E-state index >= 15 is 0 Å². The lowest BCUT2D eigenvalue weighted by atomic mass is 10.0. The van der Waals surface area contributed by atoms with E-state index in [1.54, 1.807) is 24.0 Å². The molecule has 12 heteroatoms. The van der Waals surface area contributed by atoms with Crippen molar-refractivity contribution in [3.8, 4) is 11.3 Å². The summed E-state index contributed by atoms with van der Waals surface area (Å²) < 4.78 is 32.4. The Bertz CT molecular complexity index is 1310. The molecule has 0 radical (unpaired) electrons. The first-order valence-electron chi connectivity index (χ1n) is 11.0. The molecule has 0 spiro atoms. The van der Waals surface area contributed by atoms with E-state index < -0.39 is 5.92 Å². The number of fused-ring (bicyclic) bond motifs is 2. The van der Waals surface area contributed by atoms with Gasteiger partial charge in [0.2, 0.25) is 5.95 Å². The number of likely N-dealkylation sites (tertiary alicyclic amines) is 1. The van der Waals surface area contributed by atoms with Gasteiger partial charge in [0.25, 0.3) is 5.92 Å². The molecule has 2 aliphatic rings. The number of pyridine rings is 1. The van der Waals surface area contributed by atoms with Crippen molar-refractivity contribution in [2.45, 2.75) is 24.8 Å². The molecule has 0 unspecified atom stereocenters. The van der Waals surface area contributed by atoms with Crippen LogP contribution < -0.4 is 11.1 Å². The van der Waals surface area contributed by atoms with Crippen LogP contribution in [-0.2, 0) is 4.74 Å². The average molecular weight is 470 g/mol. The zero-order valence-electron chi connectivity index (χ0n) is 18.7. The van der Waals surface area contributed by atoms with E-state index in [-0.39, 0.29) is 25.0 Å². The zero-order valence-corrected chi connectivity index (χ0v) is 18.7. The van der Waals surface area contributed by atoms with Gasteiger partial charge in [-0.25, -0.2) is 23.3 Å². The van der Waals surface area contributed by atoms with Crippen LogP contribution in [0.2, 0.25) is 0 Å². The minimum absolute atomic E-state index is 0.0527. The summed E-state index contributed by atoms with van der Waals surface area (Å²) >= 11 is 0. The van der Waals surface area contributed by atoms with Crippen molar-refractivity contribution in [2.24, 2.45) is 0 Å². The highest BCUT2D eigenvalue weighted by Gasteiger charge is 2.39. The highest BCUT2D eigenvalue weighted by atomic mass is 19.3. The van der Waals surface area contributed by atoms with Crippen LogP contribution in [0.3, 0.4) is 0 Å². The maximum Gasteiger partial charge on any atom is 0.260 e. The molecule has 6 heterocycles. The van der Waals surface area contributed by atoms with Crippen molar-refractivity contribution >= 4 is 28.4 Å². The van der Waals surface area contributed by atoms with Crippen LogP contribution in [0.25, 0.3) is 27.9 Å². The molecule has 0 bridgehead atoms. The molecule has 0 amide bonds. The lowest BCUT2D eigenvalue weighted by molar-refractivity contribution is -0.126. The number of aromatic nitrogens is 6. The van der Waals surface area contributed by atoms with Crippen molar-refractivity contribution < 1.29 is 13.5 Å². The third-order valence-electron chi connectivity index (χ3n) is 5.93. The molecule has 0 saturated carbocycles. The second kappa shape index (κ2) is 9.03. The first-order valence-corrected chi connectivity index (χ1v) is 11.0. The lowest BCUT2D eigenvalue weighted by Crippen LogP contribution is -2.55. The van der Waals surface area contributed by atoms with Crippen molar-refractivity contribution in [1.82, 2.24) is 34.4 Å². The van der Waals surface area contributed by atoms with Gasteiger partial charge in [-0.2, -0.15) is 4.98 Å². The third kappa shape index (κ3) is 4.46. The Kier molecular flexibility index (Phi) is 5.92. The van der Waals surface area contributed by atoms with Gasteiger partial charge in [0.05, 0.1) is 31.5 Å². The summed E-state index contributed by atoms with van der Waals surface area (Å²) in [7, 11) is 1.79. The van der Waals surface area contributed by atoms with Gasteiger partial charge in [-0.1, -0.05) is 0 Å². The zero-order chi connectivity index (χ0) is 23.7. The number of rotatable bonds is 3. The quantitative estimate of drug-likeness (QED) is 0.466. The molecule has 10 nitrogen and oxygen atoms in total. The van der Waals surface area contributed by atoms with Gasteiger partial charge in [0.15, 0.2) is 11.5 Å². The summed E-state index contributed by atoms with van der Waals surface area (Å²) in [5.74, 6) is -1.61. The molecule has 0 aromatic carbocycles. The smallest absolute Gasteiger partial charge is 0.260 e. The summed E-state index contributed by atoms with van der Waals surface area (Å²) in [5, 5.41) is 7.22. The first kappa shape index (κ1) is 22.3. The summed E-state index contributed by atoms with van der Waals surface area (Å²) in [5.41, 5.74) is 9.55. The number of nitrogens with two attached hydrogens (primary N) is 1. The van der Waals surface area contributed by atoms with Crippen molar-refractivity contribution in [1.29, 1.82) is 0 Å². The summed E-state index contributed by atoms with van der Waals surface area (Å²) in [6.07, 6.45) is 5.76. The Balaban J connectivity index is 0.000000169. The van der Waals surface area contributed by atoms with Gasteiger partial charge >= 0.3 is 0 Å². The van der Waals surface area contributed by atoms with Crippen molar-refractivity contribution in [3.63, 3.8) is 0 Å². The SMILES string of the molecule is CNc1nc(N)nn2ccc(-c3ccc4nccnc4n3)c12.FC1(F)CCCN(C2COC2)C1. The van der Waals surface area contributed by atoms with E-state index in [1.165, 1.54) is 0 Å².